The zero-order valence-electron chi connectivity index (χ0n) is 21.6. The van der Waals surface area contributed by atoms with Crippen LogP contribution in [0.1, 0.15) is 24.0 Å². The minimum absolute atomic E-state index is 0.0740. The van der Waals surface area contributed by atoms with Crippen LogP contribution < -0.4 is 20.3 Å². The minimum atomic E-state index is -0.361. The number of benzene rings is 2. The Bertz CT molecular complexity index is 1080. The summed E-state index contributed by atoms with van der Waals surface area (Å²) in [5.41, 5.74) is 3.50. The topological polar surface area (TPSA) is 100 Å². The largest absolute Gasteiger partial charge is 0.484 e. The van der Waals surface area contributed by atoms with Gasteiger partial charge in [0, 0.05) is 44.0 Å². The molecule has 198 valence electrons. The SMILES string of the molecule is Cc1cccc(C)c1NC(=O)COc1ccc(N2C[C@H](C(=O)NCCCN3CCOCC3)CC2=O)cc1. The predicted molar refractivity (Wildman–Crippen MR) is 142 cm³/mol. The third-order valence-corrected chi connectivity index (χ3v) is 6.81. The molecule has 2 saturated heterocycles. The Hall–Kier alpha value is -3.43. The van der Waals surface area contributed by atoms with Crippen LogP contribution in [0.4, 0.5) is 11.4 Å². The number of anilines is 2. The van der Waals surface area contributed by atoms with Crippen LogP contribution in [0.15, 0.2) is 42.5 Å². The Morgan fingerprint density at radius 2 is 1.76 bits per heavy atom. The normalized spacial score (nSPS) is 18.1. The molecule has 0 unspecified atom stereocenters. The van der Waals surface area contributed by atoms with Gasteiger partial charge in [-0.25, -0.2) is 0 Å². The maximum atomic E-state index is 12.6. The summed E-state index contributed by atoms with van der Waals surface area (Å²) in [5.74, 6) is -0.222. The van der Waals surface area contributed by atoms with Crippen LogP contribution in [0.25, 0.3) is 0 Å². The minimum Gasteiger partial charge on any atom is -0.484 e. The molecule has 2 N–H and O–H groups in total. The average Bonchev–Trinajstić information content (AvgIpc) is 3.30. The Kier molecular flexibility index (Phi) is 9.14. The quantitative estimate of drug-likeness (QED) is 0.479. The fraction of sp³-hybridized carbons (Fsp3) is 0.464. The van der Waals surface area contributed by atoms with E-state index in [1.54, 1.807) is 29.2 Å². The van der Waals surface area contributed by atoms with Crippen molar-refractivity contribution in [3.8, 4) is 5.75 Å². The average molecular weight is 509 g/mol. The molecule has 0 spiro atoms. The van der Waals surface area contributed by atoms with Gasteiger partial charge in [0.2, 0.25) is 11.8 Å². The number of nitrogens with zero attached hydrogens (tertiary/aromatic N) is 2. The van der Waals surface area contributed by atoms with E-state index in [2.05, 4.69) is 15.5 Å². The highest BCUT2D eigenvalue weighted by molar-refractivity contribution is 6.00. The van der Waals surface area contributed by atoms with Crippen molar-refractivity contribution >= 4 is 29.1 Å². The molecule has 2 fully saturated rings. The van der Waals surface area contributed by atoms with E-state index < -0.39 is 0 Å². The second-order valence-electron chi connectivity index (χ2n) is 9.60. The zero-order valence-corrected chi connectivity index (χ0v) is 21.6. The van der Waals surface area contributed by atoms with Crippen molar-refractivity contribution in [3.05, 3.63) is 53.6 Å². The van der Waals surface area contributed by atoms with Crippen LogP contribution in [-0.2, 0) is 19.1 Å². The molecule has 0 bridgehead atoms. The van der Waals surface area contributed by atoms with Crippen LogP contribution in [0.5, 0.6) is 5.75 Å². The Morgan fingerprint density at radius 3 is 2.46 bits per heavy atom. The van der Waals surface area contributed by atoms with E-state index in [0.717, 1.165) is 56.1 Å². The van der Waals surface area contributed by atoms with Crippen molar-refractivity contribution in [2.45, 2.75) is 26.7 Å². The van der Waals surface area contributed by atoms with Crippen molar-refractivity contribution in [2.75, 3.05) is 62.8 Å². The highest BCUT2D eigenvalue weighted by atomic mass is 16.5. The summed E-state index contributed by atoms with van der Waals surface area (Å²) in [6.45, 7) is 9.06. The lowest BCUT2D eigenvalue weighted by atomic mass is 10.1. The second kappa shape index (κ2) is 12.7. The van der Waals surface area contributed by atoms with E-state index in [1.807, 2.05) is 32.0 Å². The van der Waals surface area contributed by atoms with Crippen molar-refractivity contribution in [3.63, 3.8) is 0 Å². The first-order valence-electron chi connectivity index (χ1n) is 12.9. The van der Waals surface area contributed by atoms with Crippen LogP contribution in [0, 0.1) is 19.8 Å². The van der Waals surface area contributed by atoms with Gasteiger partial charge in [-0.05, 0) is 62.2 Å². The van der Waals surface area contributed by atoms with Gasteiger partial charge in [-0.2, -0.15) is 0 Å². The van der Waals surface area contributed by atoms with Gasteiger partial charge in [-0.1, -0.05) is 18.2 Å². The molecular formula is C28H36N4O5. The lowest BCUT2D eigenvalue weighted by Gasteiger charge is -2.26. The van der Waals surface area contributed by atoms with E-state index in [0.29, 0.717) is 24.5 Å². The molecule has 9 nitrogen and oxygen atoms in total. The molecule has 2 heterocycles. The second-order valence-corrected chi connectivity index (χ2v) is 9.60. The number of carbonyl (C=O) groups is 3. The number of ether oxygens (including phenoxy) is 2. The van der Waals surface area contributed by atoms with Gasteiger partial charge < -0.3 is 25.0 Å². The van der Waals surface area contributed by atoms with Crippen LogP contribution in [-0.4, -0.2) is 75.2 Å². The summed E-state index contributed by atoms with van der Waals surface area (Å²) in [4.78, 5) is 41.5. The molecular weight excluding hydrogens is 472 g/mol. The van der Waals surface area contributed by atoms with Crippen LogP contribution in [0.2, 0.25) is 0 Å². The molecule has 4 rings (SSSR count). The molecule has 2 aromatic rings. The smallest absolute Gasteiger partial charge is 0.262 e. The Morgan fingerprint density at radius 1 is 1.05 bits per heavy atom. The number of carbonyl (C=O) groups excluding carboxylic acids is 3. The Labute approximate surface area is 218 Å². The number of nitrogens with one attached hydrogen (secondary N) is 2. The maximum Gasteiger partial charge on any atom is 0.262 e. The molecule has 2 aliphatic rings. The number of aryl methyl sites for hydroxylation is 2. The number of amides is 3. The molecule has 2 aromatic carbocycles. The fourth-order valence-corrected chi connectivity index (χ4v) is 4.67. The summed E-state index contributed by atoms with van der Waals surface area (Å²) >= 11 is 0. The van der Waals surface area contributed by atoms with Gasteiger partial charge in [-0.3, -0.25) is 19.3 Å². The summed E-state index contributed by atoms with van der Waals surface area (Å²) in [6, 6.07) is 12.9. The first-order chi connectivity index (χ1) is 17.9. The van der Waals surface area contributed by atoms with Crippen molar-refractivity contribution in [1.82, 2.24) is 10.2 Å². The molecule has 0 radical (unpaired) electrons. The first kappa shape index (κ1) is 26.6. The summed E-state index contributed by atoms with van der Waals surface area (Å²) in [7, 11) is 0. The molecule has 9 heteroatoms. The maximum absolute atomic E-state index is 12.6. The van der Waals surface area contributed by atoms with Gasteiger partial charge in [0.05, 0.1) is 19.1 Å². The molecule has 1 atom stereocenters. The molecule has 2 aliphatic heterocycles. The van der Waals surface area contributed by atoms with E-state index >= 15 is 0 Å². The number of para-hydroxylation sites is 1. The van der Waals surface area contributed by atoms with E-state index in [4.69, 9.17) is 9.47 Å². The van der Waals surface area contributed by atoms with Gasteiger partial charge in [0.25, 0.3) is 5.91 Å². The summed E-state index contributed by atoms with van der Waals surface area (Å²) < 4.78 is 11.0. The molecule has 0 saturated carbocycles. The highest BCUT2D eigenvalue weighted by Gasteiger charge is 2.35. The monoisotopic (exact) mass is 508 g/mol. The van der Waals surface area contributed by atoms with Crippen molar-refractivity contribution in [2.24, 2.45) is 5.92 Å². The van der Waals surface area contributed by atoms with E-state index in [-0.39, 0.29) is 36.7 Å². The number of hydrogen-bond donors (Lipinski definition) is 2. The fourth-order valence-electron chi connectivity index (χ4n) is 4.67. The predicted octanol–water partition coefficient (Wildman–Crippen LogP) is 2.51. The van der Waals surface area contributed by atoms with E-state index in [9.17, 15) is 14.4 Å². The lowest BCUT2D eigenvalue weighted by Crippen LogP contribution is -2.39. The van der Waals surface area contributed by atoms with Crippen LogP contribution in [0.3, 0.4) is 0 Å². The lowest BCUT2D eigenvalue weighted by molar-refractivity contribution is -0.126. The molecule has 3 amide bonds. The summed E-state index contributed by atoms with van der Waals surface area (Å²) in [5, 5.41) is 5.88. The highest BCUT2D eigenvalue weighted by Crippen LogP contribution is 2.27. The van der Waals surface area contributed by atoms with Gasteiger partial charge in [0.1, 0.15) is 5.75 Å². The Balaban J connectivity index is 1.21. The summed E-state index contributed by atoms with van der Waals surface area (Å²) in [6.07, 6.45) is 1.08. The first-order valence-corrected chi connectivity index (χ1v) is 12.9. The van der Waals surface area contributed by atoms with Gasteiger partial charge in [-0.15, -0.1) is 0 Å². The molecule has 37 heavy (non-hydrogen) atoms. The third kappa shape index (κ3) is 7.30. The van der Waals surface area contributed by atoms with Gasteiger partial charge in [0.15, 0.2) is 6.61 Å². The number of rotatable bonds is 10. The van der Waals surface area contributed by atoms with E-state index in [1.165, 1.54) is 0 Å². The number of morpholine rings is 1. The standard InChI is InChI=1S/C28H36N4O5/c1-20-5-3-6-21(2)27(20)30-25(33)19-37-24-9-7-23(8-10-24)32-18-22(17-26(32)34)28(35)29-11-4-12-31-13-15-36-16-14-31/h3,5-10,22H,4,11-19H2,1-2H3,(H,29,35)(H,30,33)/t22-/m1/s1. The molecule has 0 aliphatic carbocycles. The van der Waals surface area contributed by atoms with Crippen molar-refractivity contribution in [1.29, 1.82) is 0 Å². The third-order valence-electron chi connectivity index (χ3n) is 6.81. The molecule has 0 aromatic heterocycles. The number of hydrogen-bond acceptors (Lipinski definition) is 6. The van der Waals surface area contributed by atoms with Crippen molar-refractivity contribution < 1.29 is 23.9 Å². The van der Waals surface area contributed by atoms with Crippen LogP contribution >= 0.6 is 0 Å². The zero-order chi connectivity index (χ0) is 26.2. The van der Waals surface area contributed by atoms with Gasteiger partial charge >= 0.3 is 0 Å².